The van der Waals surface area contributed by atoms with E-state index in [-0.39, 0.29) is 18.0 Å². The van der Waals surface area contributed by atoms with Gasteiger partial charge in [0.2, 0.25) is 5.91 Å². The first-order valence-corrected chi connectivity index (χ1v) is 8.96. The van der Waals surface area contributed by atoms with E-state index in [1.807, 2.05) is 31.2 Å². The van der Waals surface area contributed by atoms with Crippen molar-refractivity contribution in [2.75, 3.05) is 13.7 Å². The number of ether oxygens (including phenoxy) is 1. The molecule has 0 bridgehead atoms. The lowest BCUT2D eigenvalue weighted by Gasteiger charge is -2.24. The average Bonchev–Trinajstić information content (AvgIpc) is 2.68. The van der Waals surface area contributed by atoms with E-state index in [9.17, 15) is 4.79 Å². The van der Waals surface area contributed by atoms with Crippen LogP contribution in [0, 0.1) is 0 Å². The lowest BCUT2D eigenvalue weighted by Crippen LogP contribution is -2.47. The summed E-state index contributed by atoms with van der Waals surface area (Å²) in [5, 5.41) is 6.41. The molecule has 2 unspecified atom stereocenters. The van der Waals surface area contributed by atoms with Crippen LogP contribution in [-0.4, -0.2) is 25.6 Å². The average molecular weight is 338 g/mol. The van der Waals surface area contributed by atoms with E-state index in [1.165, 1.54) is 0 Å². The van der Waals surface area contributed by atoms with Crippen LogP contribution in [0.25, 0.3) is 11.1 Å². The quantitative estimate of drug-likeness (QED) is 0.874. The number of nitrogens with one attached hydrogen (secondary N) is 2. The molecule has 2 N–H and O–H groups in total. The molecule has 1 aliphatic heterocycles. The molecule has 3 rings (SSSR count). The summed E-state index contributed by atoms with van der Waals surface area (Å²) >= 11 is 0. The fraction of sp³-hybridized carbons (Fsp3) is 0.381. The largest absolute Gasteiger partial charge is 0.496 e. The zero-order chi connectivity index (χ0) is 17.6. The molecule has 132 valence electrons. The van der Waals surface area contributed by atoms with Crippen molar-refractivity contribution in [3.05, 3.63) is 54.1 Å². The molecule has 0 radical (unpaired) electrons. The van der Waals surface area contributed by atoms with Crippen LogP contribution in [0.15, 0.2) is 48.5 Å². The summed E-state index contributed by atoms with van der Waals surface area (Å²) < 4.78 is 5.43. The summed E-state index contributed by atoms with van der Waals surface area (Å²) in [7, 11) is 1.68. The van der Waals surface area contributed by atoms with Crippen LogP contribution in [-0.2, 0) is 4.79 Å². The molecule has 2 atom stereocenters. The Morgan fingerprint density at radius 3 is 2.60 bits per heavy atom. The van der Waals surface area contributed by atoms with Crippen molar-refractivity contribution in [1.82, 2.24) is 10.6 Å². The Balaban J connectivity index is 1.68. The molecule has 4 nitrogen and oxygen atoms in total. The number of carbonyl (C=O) groups is 1. The Labute approximate surface area is 149 Å². The van der Waals surface area contributed by atoms with Crippen molar-refractivity contribution in [2.24, 2.45) is 0 Å². The Morgan fingerprint density at radius 2 is 1.92 bits per heavy atom. The van der Waals surface area contributed by atoms with Crippen molar-refractivity contribution >= 4 is 5.91 Å². The molecule has 25 heavy (non-hydrogen) atoms. The van der Waals surface area contributed by atoms with E-state index in [1.54, 1.807) is 7.11 Å². The molecular formula is C21H26N2O2. The second-order valence-electron chi connectivity index (χ2n) is 6.56. The second kappa shape index (κ2) is 8.17. The van der Waals surface area contributed by atoms with Crippen molar-refractivity contribution in [3.8, 4) is 16.9 Å². The van der Waals surface area contributed by atoms with Crippen LogP contribution < -0.4 is 15.4 Å². The van der Waals surface area contributed by atoms with E-state index in [4.69, 9.17) is 4.74 Å². The summed E-state index contributed by atoms with van der Waals surface area (Å²) in [5.74, 6) is 0.959. The molecule has 2 aromatic rings. The first kappa shape index (κ1) is 17.5. The highest BCUT2D eigenvalue weighted by molar-refractivity contribution is 5.82. The Morgan fingerprint density at radius 1 is 1.16 bits per heavy atom. The van der Waals surface area contributed by atoms with Gasteiger partial charge in [-0.15, -0.1) is 0 Å². The van der Waals surface area contributed by atoms with Gasteiger partial charge >= 0.3 is 0 Å². The standard InChI is InChI=1S/C21H26N2O2/c1-15(23-21(24)19-8-5-6-14-22-19)16-10-12-17(13-11-16)18-7-3-4-9-20(18)25-2/h3-4,7,9-13,15,19,22H,5-6,8,14H2,1-2H3,(H,23,24). The van der Waals surface area contributed by atoms with Gasteiger partial charge in [-0.2, -0.15) is 0 Å². The summed E-state index contributed by atoms with van der Waals surface area (Å²) in [5.41, 5.74) is 3.27. The molecule has 0 saturated carbocycles. The maximum absolute atomic E-state index is 12.4. The number of hydrogen-bond donors (Lipinski definition) is 2. The molecular weight excluding hydrogens is 312 g/mol. The third-order valence-corrected chi connectivity index (χ3v) is 4.81. The third kappa shape index (κ3) is 4.20. The SMILES string of the molecule is COc1ccccc1-c1ccc(C(C)NC(=O)C2CCCCN2)cc1. The van der Waals surface area contributed by atoms with E-state index in [2.05, 4.69) is 34.9 Å². The second-order valence-corrected chi connectivity index (χ2v) is 6.56. The highest BCUT2D eigenvalue weighted by atomic mass is 16.5. The van der Waals surface area contributed by atoms with E-state index >= 15 is 0 Å². The molecule has 4 heteroatoms. The molecule has 1 aliphatic rings. The minimum Gasteiger partial charge on any atom is -0.496 e. The summed E-state index contributed by atoms with van der Waals surface area (Å²) in [6.07, 6.45) is 3.20. The number of para-hydroxylation sites is 1. The van der Waals surface area contributed by atoms with Crippen molar-refractivity contribution in [3.63, 3.8) is 0 Å². The normalized spacial score (nSPS) is 18.4. The summed E-state index contributed by atoms with van der Waals surface area (Å²) in [6.45, 7) is 2.96. The molecule has 0 spiro atoms. The predicted octanol–water partition coefficient (Wildman–Crippen LogP) is 3.68. The van der Waals surface area contributed by atoms with Crippen molar-refractivity contribution in [2.45, 2.75) is 38.3 Å². The van der Waals surface area contributed by atoms with Crippen LogP contribution in [0.3, 0.4) is 0 Å². The van der Waals surface area contributed by atoms with Crippen LogP contribution in [0.2, 0.25) is 0 Å². The molecule has 0 aromatic heterocycles. The van der Waals surface area contributed by atoms with Gasteiger partial charge in [-0.3, -0.25) is 4.79 Å². The first-order valence-electron chi connectivity index (χ1n) is 8.96. The minimum absolute atomic E-state index is 0.0112. The number of piperidine rings is 1. The minimum atomic E-state index is -0.0518. The van der Waals surface area contributed by atoms with Crippen LogP contribution in [0.1, 0.15) is 37.8 Å². The molecule has 1 saturated heterocycles. The monoisotopic (exact) mass is 338 g/mol. The zero-order valence-electron chi connectivity index (χ0n) is 14.9. The highest BCUT2D eigenvalue weighted by Gasteiger charge is 2.22. The summed E-state index contributed by atoms with van der Waals surface area (Å²) in [4.78, 5) is 12.4. The third-order valence-electron chi connectivity index (χ3n) is 4.81. The van der Waals surface area contributed by atoms with Crippen molar-refractivity contribution < 1.29 is 9.53 Å². The van der Waals surface area contributed by atoms with E-state index in [0.717, 1.165) is 48.2 Å². The van der Waals surface area contributed by atoms with Crippen LogP contribution in [0.5, 0.6) is 5.75 Å². The Bertz CT molecular complexity index is 706. The lowest BCUT2D eigenvalue weighted by molar-refractivity contribution is -0.124. The van der Waals surface area contributed by atoms with Crippen molar-refractivity contribution in [1.29, 1.82) is 0 Å². The number of carbonyl (C=O) groups excluding carboxylic acids is 1. The van der Waals surface area contributed by atoms with Gasteiger partial charge < -0.3 is 15.4 Å². The van der Waals surface area contributed by atoms with E-state index < -0.39 is 0 Å². The fourth-order valence-corrected chi connectivity index (χ4v) is 3.31. The number of methoxy groups -OCH3 is 1. The highest BCUT2D eigenvalue weighted by Crippen LogP contribution is 2.30. The van der Waals surface area contributed by atoms with Gasteiger partial charge in [-0.25, -0.2) is 0 Å². The van der Waals surface area contributed by atoms with Gasteiger partial charge in [-0.1, -0.05) is 48.9 Å². The number of rotatable bonds is 5. The fourth-order valence-electron chi connectivity index (χ4n) is 3.31. The Hall–Kier alpha value is -2.33. The molecule has 0 aliphatic carbocycles. The number of amides is 1. The van der Waals surface area contributed by atoms with Gasteiger partial charge in [0, 0.05) is 5.56 Å². The van der Waals surface area contributed by atoms with E-state index in [0.29, 0.717) is 0 Å². The van der Waals surface area contributed by atoms with Gasteiger partial charge in [0.15, 0.2) is 0 Å². The van der Waals surface area contributed by atoms with Crippen LogP contribution >= 0.6 is 0 Å². The van der Waals surface area contributed by atoms with Gasteiger partial charge in [0.25, 0.3) is 0 Å². The van der Waals surface area contributed by atoms with Gasteiger partial charge in [0.05, 0.1) is 19.2 Å². The lowest BCUT2D eigenvalue weighted by atomic mass is 10.00. The maximum atomic E-state index is 12.4. The van der Waals surface area contributed by atoms with Gasteiger partial charge in [-0.05, 0) is 43.5 Å². The number of benzene rings is 2. The topological polar surface area (TPSA) is 50.4 Å². The maximum Gasteiger partial charge on any atom is 0.237 e. The zero-order valence-corrected chi connectivity index (χ0v) is 14.9. The molecule has 1 fully saturated rings. The molecule has 1 amide bonds. The van der Waals surface area contributed by atoms with Crippen LogP contribution in [0.4, 0.5) is 0 Å². The predicted molar refractivity (Wildman–Crippen MR) is 101 cm³/mol. The Kier molecular flexibility index (Phi) is 5.71. The first-order chi connectivity index (χ1) is 12.2. The molecule has 1 heterocycles. The summed E-state index contributed by atoms with van der Waals surface area (Å²) in [6, 6.07) is 16.2. The smallest absolute Gasteiger partial charge is 0.237 e. The van der Waals surface area contributed by atoms with Gasteiger partial charge in [0.1, 0.15) is 5.75 Å². The molecule has 2 aromatic carbocycles. The number of hydrogen-bond acceptors (Lipinski definition) is 3.